The Kier molecular flexibility index (Phi) is 3.76. The maximum atomic E-state index is 13.4. The van der Waals surface area contributed by atoms with E-state index in [0.717, 1.165) is 44.7 Å². The molecule has 0 aliphatic carbocycles. The Balaban J connectivity index is 1.49. The Morgan fingerprint density at radius 3 is 2.88 bits per heavy atom. The number of nitrogens with zero attached hydrogens (tertiary/aromatic N) is 2. The van der Waals surface area contributed by atoms with Crippen LogP contribution in [0.2, 0.25) is 0 Å². The molecule has 2 aromatic carbocycles. The zero-order chi connectivity index (χ0) is 17.7. The van der Waals surface area contributed by atoms with Crippen LogP contribution in [0.15, 0.2) is 48.5 Å². The van der Waals surface area contributed by atoms with Gasteiger partial charge in [0.1, 0.15) is 10.8 Å². The summed E-state index contributed by atoms with van der Waals surface area (Å²) in [4.78, 5) is 20.5. The van der Waals surface area contributed by atoms with Gasteiger partial charge in [-0.15, -0.1) is 22.7 Å². The number of para-hydroxylation sites is 1. The smallest absolute Gasteiger partial charge is 0.264 e. The van der Waals surface area contributed by atoms with Crippen molar-refractivity contribution in [3.05, 3.63) is 64.2 Å². The van der Waals surface area contributed by atoms with E-state index in [-0.39, 0.29) is 17.8 Å². The Bertz CT molecular complexity index is 1100. The van der Waals surface area contributed by atoms with Gasteiger partial charge in [-0.05, 0) is 54.6 Å². The van der Waals surface area contributed by atoms with Gasteiger partial charge >= 0.3 is 0 Å². The molecule has 4 aromatic rings. The molecule has 5 rings (SSSR count). The standard InChI is InChI=1S/C20H15FN2OS2/c21-13-7-8-16-12(10-13)11-18(25-16)20(24)23-9-3-5-15(23)19-22-14-4-1-2-6-17(14)26-19/h1-2,4,6-8,10-11,15H,3,5,9H2/t15-/m1/s1. The summed E-state index contributed by atoms with van der Waals surface area (Å²) in [6, 6.07) is 14.6. The number of fused-ring (bicyclic) bond motifs is 2. The van der Waals surface area contributed by atoms with Gasteiger partial charge in [-0.1, -0.05) is 12.1 Å². The molecule has 2 aromatic heterocycles. The van der Waals surface area contributed by atoms with Crippen LogP contribution >= 0.6 is 22.7 Å². The molecule has 130 valence electrons. The summed E-state index contributed by atoms with van der Waals surface area (Å²) >= 11 is 3.09. The topological polar surface area (TPSA) is 33.2 Å². The molecule has 0 saturated carbocycles. The normalized spacial score (nSPS) is 17.4. The fourth-order valence-electron chi connectivity index (χ4n) is 3.56. The van der Waals surface area contributed by atoms with Gasteiger partial charge in [0.15, 0.2) is 0 Å². The average molecular weight is 382 g/mol. The molecule has 0 spiro atoms. The van der Waals surface area contributed by atoms with Crippen LogP contribution in [0.25, 0.3) is 20.3 Å². The van der Waals surface area contributed by atoms with Crippen LogP contribution in [-0.4, -0.2) is 22.3 Å². The lowest BCUT2D eigenvalue weighted by atomic mass is 10.2. The van der Waals surface area contributed by atoms with Gasteiger partial charge in [0.2, 0.25) is 0 Å². The van der Waals surface area contributed by atoms with Gasteiger partial charge in [0, 0.05) is 11.2 Å². The van der Waals surface area contributed by atoms with Crippen LogP contribution in [0.5, 0.6) is 0 Å². The van der Waals surface area contributed by atoms with Crippen molar-refractivity contribution >= 4 is 48.9 Å². The number of hydrogen-bond acceptors (Lipinski definition) is 4. The number of carbonyl (C=O) groups excluding carboxylic acids is 1. The van der Waals surface area contributed by atoms with Crippen molar-refractivity contribution in [1.29, 1.82) is 0 Å². The number of carbonyl (C=O) groups is 1. The van der Waals surface area contributed by atoms with E-state index in [4.69, 9.17) is 4.98 Å². The first-order valence-electron chi connectivity index (χ1n) is 8.54. The number of benzene rings is 2. The Morgan fingerprint density at radius 2 is 2.00 bits per heavy atom. The lowest BCUT2D eigenvalue weighted by molar-refractivity contribution is 0.0740. The Morgan fingerprint density at radius 1 is 1.12 bits per heavy atom. The van der Waals surface area contributed by atoms with E-state index < -0.39 is 0 Å². The van der Waals surface area contributed by atoms with Gasteiger partial charge in [0.05, 0.1) is 21.1 Å². The Hall–Kier alpha value is -2.31. The minimum Gasteiger partial charge on any atom is -0.328 e. The number of rotatable bonds is 2. The molecule has 1 atom stereocenters. The highest BCUT2D eigenvalue weighted by Gasteiger charge is 2.33. The Labute approximate surface area is 157 Å². The molecular formula is C20H15FN2OS2. The summed E-state index contributed by atoms with van der Waals surface area (Å²) in [5.41, 5.74) is 0.990. The first-order chi connectivity index (χ1) is 12.7. The third-order valence-corrected chi connectivity index (χ3v) is 7.04. The fourth-order valence-corrected chi connectivity index (χ4v) is 5.67. The van der Waals surface area contributed by atoms with Gasteiger partial charge in [-0.25, -0.2) is 9.37 Å². The highest BCUT2D eigenvalue weighted by atomic mass is 32.1. The van der Waals surface area contributed by atoms with Crippen molar-refractivity contribution in [1.82, 2.24) is 9.88 Å². The molecule has 0 radical (unpaired) electrons. The summed E-state index contributed by atoms with van der Waals surface area (Å²) in [5, 5.41) is 1.79. The molecule has 0 bridgehead atoms. The molecular weight excluding hydrogens is 367 g/mol. The van der Waals surface area contributed by atoms with E-state index in [1.807, 2.05) is 23.1 Å². The van der Waals surface area contributed by atoms with Gasteiger partial charge in [0.25, 0.3) is 5.91 Å². The molecule has 26 heavy (non-hydrogen) atoms. The quantitative estimate of drug-likeness (QED) is 0.450. The third kappa shape index (κ3) is 2.61. The fraction of sp³-hybridized carbons (Fsp3) is 0.200. The maximum absolute atomic E-state index is 13.4. The van der Waals surface area contributed by atoms with E-state index in [1.165, 1.54) is 23.5 Å². The predicted molar refractivity (Wildman–Crippen MR) is 104 cm³/mol. The molecule has 6 heteroatoms. The second kappa shape index (κ2) is 6.14. The van der Waals surface area contributed by atoms with Crippen LogP contribution in [0.4, 0.5) is 4.39 Å². The molecule has 0 N–H and O–H groups in total. The van der Waals surface area contributed by atoms with Crippen molar-refractivity contribution in [2.45, 2.75) is 18.9 Å². The molecule has 1 aliphatic heterocycles. The number of likely N-dealkylation sites (tertiary alicyclic amines) is 1. The summed E-state index contributed by atoms with van der Waals surface area (Å²) in [6.45, 7) is 0.738. The largest absolute Gasteiger partial charge is 0.328 e. The molecule has 3 heterocycles. The number of thiophene rings is 1. The monoisotopic (exact) mass is 382 g/mol. The van der Waals surface area contributed by atoms with Crippen LogP contribution < -0.4 is 0 Å². The van der Waals surface area contributed by atoms with E-state index in [9.17, 15) is 9.18 Å². The van der Waals surface area contributed by atoms with Crippen LogP contribution in [0, 0.1) is 5.82 Å². The first kappa shape index (κ1) is 15.9. The van der Waals surface area contributed by atoms with Crippen molar-refractivity contribution in [2.24, 2.45) is 0 Å². The van der Waals surface area contributed by atoms with E-state index in [2.05, 4.69) is 6.07 Å². The first-order valence-corrected chi connectivity index (χ1v) is 10.2. The second-order valence-corrected chi connectivity index (χ2v) is 8.62. The number of halogens is 1. The highest BCUT2D eigenvalue weighted by Crippen LogP contribution is 2.38. The highest BCUT2D eigenvalue weighted by molar-refractivity contribution is 7.20. The summed E-state index contributed by atoms with van der Waals surface area (Å²) in [6.07, 6.45) is 1.91. The number of aromatic nitrogens is 1. The van der Waals surface area contributed by atoms with E-state index in [0.29, 0.717) is 4.88 Å². The minimum absolute atomic E-state index is 0.0216. The number of hydrogen-bond donors (Lipinski definition) is 0. The maximum Gasteiger partial charge on any atom is 0.264 e. The minimum atomic E-state index is -0.275. The zero-order valence-electron chi connectivity index (χ0n) is 13.8. The molecule has 0 unspecified atom stereocenters. The van der Waals surface area contributed by atoms with Crippen LogP contribution in [-0.2, 0) is 0 Å². The molecule has 1 amide bonds. The van der Waals surface area contributed by atoms with Crippen LogP contribution in [0.1, 0.15) is 33.6 Å². The molecule has 3 nitrogen and oxygen atoms in total. The second-order valence-electron chi connectivity index (χ2n) is 6.47. The van der Waals surface area contributed by atoms with Gasteiger partial charge < -0.3 is 4.90 Å². The molecule has 1 fully saturated rings. The van der Waals surface area contributed by atoms with Gasteiger partial charge in [-0.2, -0.15) is 0 Å². The summed E-state index contributed by atoms with van der Waals surface area (Å²) < 4.78 is 15.5. The third-order valence-electron chi connectivity index (χ3n) is 4.80. The summed E-state index contributed by atoms with van der Waals surface area (Å²) in [7, 11) is 0. The van der Waals surface area contributed by atoms with E-state index in [1.54, 1.807) is 23.5 Å². The molecule has 1 saturated heterocycles. The zero-order valence-corrected chi connectivity index (χ0v) is 15.4. The van der Waals surface area contributed by atoms with Crippen molar-refractivity contribution in [3.63, 3.8) is 0 Å². The number of thiazole rings is 1. The summed E-state index contributed by atoms with van der Waals surface area (Å²) in [5.74, 6) is -0.254. The lowest BCUT2D eigenvalue weighted by Gasteiger charge is -2.22. The lowest BCUT2D eigenvalue weighted by Crippen LogP contribution is -2.29. The van der Waals surface area contributed by atoms with Crippen molar-refractivity contribution in [3.8, 4) is 0 Å². The van der Waals surface area contributed by atoms with Crippen molar-refractivity contribution < 1.29 is 9.18 Å². The van der Waals surface area contributed by atoms with Gasteiger partial charge in [-0.3, -0.25) is 4.79 Å². The molecule has 1 aliphatic rings. The van der Waals surface area contributed by atoms with Crippen molar-refractivity contribution in [2.75, 3.05) is 6.54 Å². The van der Waals surface area contributed by atoms with Crippen LogP contribution in [0.3, 0.4) is 0 Å². The van der Waals surface area contributed by atoms with E-state index >= 15 is 0 Å². The predicted octanol–water partition coefficient (Wildman–Crippen LogP) is 5.63. The average Bonchev–Trinajstić information content (AvgIpc) is 3.36. The SMILES string of the molecule is O=C(c1cc2cc(F)ccc2s1)N1CCC[C@@H]1c1nc2ccccc2s1. The number of amides is 1.